The van der Waals surface area contributed by atoms with E-state index in [0.29, 0.717) is 11.4 Å². The van der Waals surface area contributed by atoms with E-state index in [-0.39, 0.29) is 10.6 Å². The number of sulfonamides is 1. The van der Waals surface area contributed by atoms with Crippen molar-refractivity contribution >= 4 is 31.6 Å². The van der Waals surface area contributed by atoms with Gasteiger partial charge < -0.3 is 5.11 Å². The molecule has 0 atom stereocenters. The van der Waals surface area contributed by atoms with Crippen molar-refractivity contribution in [3.8, 4) is 11.4 Å². The summed E-state index contributed by atoms with van der Waals surface area (Å²) < 4.78 is 29.6. The largest absolute Gasteiger partial charge is 0.506 e. The van der Waals surface area contributed by atoms with E-state index in [1.807, 2.05) is 6.92 Å². The van der Waals surface area contributed by atoms with Crippen LogP contribution in [0.5, 0.6) is 5.75 Å². The Morgan fingerprint density at radius 1 is 1.17 bits per heavy atom. The lowest BCUT2D eigenvalue weighted by Crippen LogP contribution is -2.13. The number of nitrogens with one attached hydrogen (secondary N) is 1. The number of anilines is 1. The van der Waals surface area contributed by atoms with Gasteiger partial charge in [0.2, 0.25) is 0 Å². The molecule has 0 aliphatic carbocycles. The topological polar surface area (TPSA) is 84.2 Å². The van der Waals surface area contributed by atoms with Gasteiger partial charge in [-0.3, -0.25) is 4.72 Å². The smallest absolute Gasteiger partial charge is 0.261 e. The zero-order valence-corrected chi connectivity index (χ0v) is 15.0. The van der Waals surface area contributed by atoms with Crippen LogP contribution < -0.4 is 4.72 Å². The third-order valence-corrected chi connectivity index (χ3v) is 5.16. The van der Waals surface area contributed by atoms with E-state index in [2.05, 4.69) is 25.8 Å². The molecule has 0 fully saturated rings. The number of aromatic nitrogens is 2. The second-order valence-corrected chi connectivity index (χ2v) is 7.82. The minimum absolute atomic E-state index is 0.0103. The average Bonchev–Trinajstić information content (AvgIpc) is 2.96. The molecule has 124 valence electrons. The molecule has 0 saturated carbocycles. The van der Waals surface area contributed by atoms with Crippen LogP contribution >= 0.6 is 15.9 Å². The number of phenols is 1. The molecule has 3 aromatic rings. The van der Waals surface area contributed by atoms with Gasteiger partial charge in [0, 0.05) is 6.20 Å². The minimum atomic E-state index is -3.71. The first kappa shape index (κ1) is 16.5. The van der Waals surface area contributed by atoms with Gasteiger partial charge in [0.15, 0.2) is 0 Å². The third kappa shape index (κ3) is 3.44. The summed E-state index contributed by atoms with van der Waals surface area (Å²) in [6, 6.07) is 11.0. The van der Waals surface area contributed by atoms with Crippen molar-refractivity contribution in [2.45, 2.75) is 11.8 Å². The monoisotopic (exact) mass is 407 g/mol. The van der Waals surface area contributed by atoms with Gasteiger partial charge in [0.1, 0.15) is 11.4 Å². The van der Waals surface area contributed by atoms with Gasteiger partial charge in [0.25, 0.3) is 10.0 Å². The molecular formula is C16H14BrN3O3S. The van der Waals surface area contributed by atoms with E-state index >= 15 is 0 Å². The van der Waals surface area contributed by atoms with Crippen molar-refractivity contribution in [2.75, 3.05) is 4.72 Å². The number of halogens is 1. The first-order valence-corrected chi connectivity index (χ1v) is 9.26. The molecule has 0 radical (unpaired) electrons. The molecule has 0 bridgehead atoms. The molecule has 24 heavy (non-hydrogen) atoms. The summed E-state index contributed by atoms with van der Waals surface area (Å²) in [6.07, 6.45) is 3.23. The summed E-state index contributed by atoms with van der Waals surface area (Å²) in [6.45, 7) is 1.89. The van der Waals surface area contributed by atoms with Crippen molar-refractivity contribution in [1.82, 2.24) is 9.78 Å². The van der Waals surface area contributed by atoms with E-state index in [4.69, 9.17) is 0 Å². The van der Waals surface area contributed by atoms with Crippen molar-refractivity contribution in [1.29, 1.82) is 0 Å². The summed E-state index contributed by atoms with van der Waals surface area (Å²) in [7, 11) is -3.71. The van der Waals surface area contributed by atoms with Gasteiger partial charge in [0.05, 0.1) is 21.3 Å². The molecule has 2 N–H and O–H groups in total. The number of hydrogen-bond acceptors (Lipinski definition) is 4. The summed E-state index contributed by atoms with van der Waals surface area (Å²) in [5.74, 6) is -0.0103. The minimum Gasteiger partial charge on any atom is -0.506 e. The average molecular weight is 408 g/mol. The van der Waals surface area contributed by atoms with E-state index < -0.39 is 10.0 Å². The Morgan fingerprint density at radius 2 is 1.88 bits per heavy atom. The number of rotatable bonds is 4. The molecule has 1 aromatic heterocycles. The van der Waals surface area contributed by atoms with Gasteiger partial charge >= 0.3 is 0 Å². The second kappa shape index (κ2) is 6.29. The highest BCUT2D eigenvalue weighted by molar-refractivity contribution is 9.10. The maximum absolute atomic E-state index is 12.4. The molecule has 8 heteroatoms. The van der Waals surface area contributed by atoms with Crippen molar-refractivity contribution in [3.63, 3.8) is 0 Å². The third-order valence-electron chi connectivity index (χ3n) is 3.36. The van der Waals surface area contributed by atoms with Crippen LogP contribution in [0.2, 0.25) is 0 Å². The number of aryl methyl sites for hydroxylation is 1. The molecule has 6 nitrogen and oxygen atoms in total. The first-order chi connectivity index (χ1) is 11.3. The number of nitrogens with zero attached hydrogens (tertiary/aromatic N) is 2. The standard InChI is InChI=1S/C16H14BrN3O3S/c1-11-2-5-14(6-3-11)24(22,23)19-13-4-7-16(21)15(8-13)20-10-12(17)9-18-20/h2-10,19,21H,1H3. The molecule has 3 rings (SSSR count). The Bertz CT molecular complexity index is 982. The molecular weight excluding hydrogens is 394 g/mol. The normalized spacial score (nSPS) is 11.4. The van der Waals surface area contributed by atoms with Gasteiger partial charge in [-0.05, 0) is 53.2 Å². The maximum Gasteiger partial charge on any atom is 0.261 e. The van der Waals surface area contributed by atoms with Crippen LogP contribution in [0.15, 0.2) is 64.2 Å². The summed E-state index contributed by atoms with van der Waals surface area (Å²) in [4.78, 5) is 0.171. The molecule has 0 amide bonds. The molecule has 0 spiro atoms. The van der Waals surface area contributed by atoms with E-state index in [1.165, 1.54) is 22.9 Å². The molecule has 0 unspecified atom stereocenters. The molecule has 1 heterocycles. The number of benzene rings is 2. The highest BCUT2D eigenvalue weighted by Crippen LogP contribution is 2.27. The lowest BCUT2D eigenvalue weighted by molar-refractivity contribution is 0.470. The fourth-order valence-corrected chi connectivity index (χ4v) is 3.47. The van der Waals surface area contributed by atoms with Gasteiger partial charge in [-0.25, -0.2) is 13.1 Å². The highest BCUT2D eigenvalue weighted by Gasteiger charge is 2.15. The predicted octanol–water partition coefficient (Wildman–Crippen LogP) is 3.45. The van der Waals surface area contributed by atoms with Crippen LogP contribution in [0.4, 0.5) is 5.69 Å². The fraction of sp³-hybridized carbons (Fsp3) is 0.0625. The fourth-order valence-electron chi connectivity index (χ4n) is 2.13. The van der Waals surface area contributed by atoms with E-state index in [9.17, 15) is 13.5 Å². The van der Waals surface area contributed by atoms with Crippen LogP contribution in [0.3, 0.4) is 0 Å². The number of phenolic OH excluding ortho intramolecular Hbond substituents is 1. The summed E-state index contributed by atoms with van der Waals surface area (Å²) >= 11 is 3.28. The lowest BCUT2D eigenvalue weighted by Gasteiger charge is -2.11. The quantitative estimate of drug-likeness (QED) is 0.648. The Kier molecular flexibility index (Phi) is 4.33. The van der Waals surface area contributed by atoms with Crippen molar-refractivity contribution in [3.05, 3.63) is 64.9 Å². The molecule has 0 aliphatic rings. The second-order valence-electron chi connectivity index (χ2n) is 5.23. The van der Waals surface area contributed by atoms with E-state index in [0.717, 1.165) is 10.0 Å². The summed E-state index contributed by atoms with van der Waals surface area (Å²) in [5.41, 5.74) is 1.67. The van der Waals surface area contributed by atoms with Gasteiger partial charge in [-0.2, -0.15) is 5.10 Å². The van der Waals surface area contributed by atoms with Crippen molar-refractivity contribution < 1.29 is 13.5 Å². The predicted molar refractivity (Wildman–Crippen MR) is 94.9 cm³/mol. The lowest BCUT2D eigenvalue weighted by atomic mass is 10.2. The zero-order valence-electron chi connectivity index (χ0n) is 12.6. The van der Waals surface area contributed by atoms with Crippen molar-refractivity contribution in [2.24, 2.45) is 0 Å². The molecule has 0 aliphatic heterocycles. The highest BCUT2D eigenvalue weighted by atomic mass is 79.9. The summed E-state index contributed by atoms with van der Waals surface area (Å²) in [5, 5.41) is 14.1. The Morgan fingerprint density at radius 3 is 2.50 bits per heavy atom. The Hall–Kier alpha value is -2.32. The zero-order chi connectivity index (χ0) is 17.3. The van der Waals surface area contributed by atoms with Crippen LogP contribution in [-0.4, -0.2) is 23.3 Å². The maximum atomic E-state index is 12.4. The number of hydrogen-bond donors (Lipinski definition) is 2. The van der Waals surface area contributed by atoms with Crippen LogP contribution in [-0.2, 0) is 10.0 Å². The number of aromatic hydroxyl groups is 1. The Labute approximate surface area is 147 Å². The van der Waals surface area contributed by atoms with Gasteiger partial charge in [-0.15, -0.1) is 0 Å². The van der Waals surface area contributed by atoms with Gasteiger partial charge in [-0.1, -0.05) is 17.7 Å². The van der Waals surface area contributed by atoms with Crippen LogP contribution in [0.1, 0.15) is 5.56 Å². The Balaban J connectivity index is 1.94. The first-order valence-electron chi connectivity index (χ1n) is 6.98. The molecule has 2 aromatic carbocycles. The molecule has 0 saturated heterocycles. The SMILES string of the molecule is Cc1ccc(S(=O)(=O)Nc2ccc(O)c(-n3cc(Br)cn3)c2)cc1. The van der Waals surface area contributed by atoms with E-state index in [1.54, 1.807) is 36.7 Å². The van der Waals surface area contributed by atoms with Crippen LogP contribution in [0, 0.1) is 6.92 Å². The van der Waals surface area contributed by atoms with Crippen LogP contribution in [0.25, 0.3) is 5.69 Å².